The number of hydrogen-bond donors (Lipinski definition) is 2. The predicted octanol–water partition coefficient (Wildman–Crippen LogP) is 19.6. The average molecular weight is 867 g/mol. The lowest BCUT2D eigenvalue weighted by Gasteiger charge is -2.10. The molecule has 0 saturated carbocycles. The van der Waals surface area contributed by atoms with E-state index in [1.807, 2.05) is 0 Å². The second-order valence-electron chi connectivity index (χ2n) is 19.0. The summed E-state index contributed by atoms with van der Waals surface area (Å²) in [7, 11) is 0. The van der Waals surface area contributed by atoms with E-state index in [2.05, 4.69) is 27.7 Å². The van der Waals surface area contributed by atoms with Crippen LogP contribution in [0.3, 0.4) is 0 Å². The maximum atomic E-state index is 10.3. The first-order valence-corrected chi connectivity index (χ1v) is 27.9. The van der Waals surface area contributed by atoms with Crippen molar-refractivity contribution in [3.63, 3.8) is 0 Å². The molecule has 0 fully saturated rings. The second kappa shape index (κ2) is 61.0. The van der Waals surface area contributed by atoms with Crippen LogP contribution in [-0.2, 0) is 14.7 Å². The number of aliphatic carboxylic acids is 1. The van der Waals surface area contributed by atoms with Gasteiger partial charge in [-0.05, 0) is 25.7 Å². The molecule has 367 valence electrons. The van der Waals surface area contributed by atoms with E-state index in [1.165, 1.54) is 263 Å². The summed E-state index contributed by atoms with van der Waals surface area (Å²) < 4.78 is 0. The third-order valence-corrected chi connectivity index (χ3v) is 12.5. The predicted molar refractivity (Wildman–Crippen MR) is 268 cm³/mol. The molecule has 0 aromatic carbocycles. The summed E-state index contributed by atoms with van der Waals surface area (Å²) in [6.07, 6.45) is 62.4. The monoisotopic (exact) mass is 866 g/mol. The number of hydrogen-bond acceptors (Lipinski definition) is 3. The highest BCUT2D eigenvalue weighted by molar-refractivity contribution is 5.66. The lowest BCUT2D eigenvalue weighted by Crippen LogP contribution is -2.05. The molecule has 0 amide bonds. The Morgan fingerprint density at radius 2 is 0.475 bits per heavy atom. The minimum Gasteiger partial charge on any atom is -0.481 e. The van der Waals surface area contributed by atoms with E-state index in [-0.39, 0.29) is 12.5 Å². The number of rotatable bonds is 49. The van der Waals surface area contributed by atoms with Crippen molar-refractivity contribution in [3.05, 3.63) is 0 Å². The lowest BCUT2D eigenvalue weighted by molar-refractivity contribution is -0.143. The van der Waals surface area contributed by atoms with Crippen LogP contribution >= 0.6 is 0 Å². The van der Waals surface area contributed by atoms with Crippen molar-refractivity contribution in [2.45, 2.75) is 348 Å². The van der Waals surface area contributed by atoms with Gasteiger partial charge in [-0.3, -0.25) is 4.79 Å². The molecule has 5 nitrogen and oxygen atoms in total. The number of carboxylic acids is 1. The van der Waals surface area contributed by atoms with Crippen molar-refractivity contribution in [2.75, 3.05) is 0 Å². The van der Waals surface area contributed by atoms with Crippen molar-refractivity contribution >= 4 is 11.9 Å². The molecule has 1 atom stereocenters. The standard InChI is InChI=1S/C20H42O.C18H36O2.C18H35O2/c1-3-5-7-9-11-12-13-15-17-19-20(21)18-16-14-10-8-6-4-2;2*1-2-3-4-5-6-7-8-9-10-11-12-13-14-15-16-17-18(19)20/h20-21H,3-19H2,1-2H3;2-17H2,1H3,(H,19,20);2-17H2,1H3. The Morgan fingerprint density at radius 1 is 0.295 bits per heavy atom. The number of unbranched alkanes of at least 4 members (excludes halogenated alkanes) is 41. The minimum atomic E-state index is -0.903. The highest BCUT2D eigenvalue weighted by Gasteiger charge is 2.04. The van der Waals surface area contributed by atoms with Gasteiger partial charge in [-0.25, -0.2) is 9.90 Å². The fourth-order valence-corrected chi connectivity index (χ4v) is 8.28. The Morgan fingerprint density at radius 3 is 0.672 bits per heavy atom. The van der Waals surface area contributed by atoms with Gasteiger partial charge in [0.1, 0.15) is 0 Å². The zero-order chi connectivity index (χ0) is 45.4. The quantitative estimate of drug-likeness (QED) is 0.0596. The van der Waals surface area contributed by atoms with Crippen LogP contribution in [0.25, 0.3) is 0 Å². The normalized spacial score (nSPS) is 11.5. The highest BCUT2D eigenvalue weighted by atomic mass is 16.4. The molecule has 0 spiro atoms. The first kappa shape index (κ1) is 64.2. The number of carbonyl (C=O) groups excluding carboxylic acids is 1. The molecular weight excluding hydrogens is 753 g/mol. The van der Waals surface area contributed by atoms with Crippen LogP contribution < -0.4 is 0 Å². The zero-order valence-corrected chi connectivity index (χ0v) is 42.3. The first-order valence-electron chi connectivity index (χ1n) is 27.9. The van der Waals surface area contributed by atoms with E-state index in [4.69, 9.17) is 5.11 Å². The molecule has 0 aliphatic carbocycles. The van der Waals surface area contributed by atoms with Crippen molar-refractivity contribution in [3.8, 4) is 0 Å². The van der Waals surface area contributed by atoms with Gasteiger partial charge in [0.25, 0.3) is 0 Å². The third-order valence-electron chi connectivity index (χ3n) is 12.5. The molecule has 0 heterocycles. The molecule has 0 bridgehead atoms. The average Bonchev–Trinajstić information content (AvgIpc) is 3.24. The first-order chi connectivity index (χ1) is 29.8. The minimum absolute atomic E-state index is 0.0271. The van der Waals surface area contributed by atoms with Crippen molar-refractivity contribution in [1.82, 2.24) is 0 Å². The summed E-state index contributed by atoms with van der Waals surface area (Å²) in [4.78, 5) is 20.6. The van der Waals surface area contributed by atoms with Crippen molar-refractivity contribution in [1.29, 1.82) is 0 Å². The molecule has 0 aliphatic heterocycles. The van der Waals surface area contributed by atoms with Crippen molar-refractivity contribution < 1.29 is 24.9 Å². The summed E-state index contributed by atoms with van der Waals surface area (Å²) >= 11 is 0. The molecule has 0 aliphatic rings. The zero-order valence-electron chi connectivity index (χ0n) is 42.3. The van der Waals surface area contributed by atoms with Gasteiger partial charge in [-0.1, -0.05) is 304 Å². The summed E-state index contributed by atoms with van der Waals surface area (Å²) in [5.41, 5.74) is 0. The molecule has 61 heavy (non-hydrogen) atoms. The molecule has 1 radical (unpaired) electrons. The lowest BCUT2D eigenvalue weighted by atomic mass is 10.0. The SMILES string of the molecule is CCCCCCCCCCCC(O)CCCCCCCC.CCCCCCCCCCCCCCCCCC(=O)O.CCCCCCCCCCCCCCCCCC([O])=O. The molecule has 0 aromatic heterocycles. The number of aliphatic hydroxyl groups is 1. The Labute approximate surface area is 384 Å². The van der Waals surface area contributed by atoms with Crippen LogP contribution in [0.4, 0.5) is 0 Å². The maximum Gasteiger partial charge on any atom is 0.355 e. The van der Waals surface area contributed by atoms with Crippen LogP contribution in [0.5, 0.6) is 0 Å². The second-order valence-corrected chi connectivity index (χ2v) is 19.0. The molecule has 1 unspecified atom stereocenters. The molecule has 2 N–H and O–H groups in total. The number of carboxylic acid groups (broad SMARTS) is 1. The summed E-state index contributed by atoms with van der Waals surface area (Å²) in [5.74, 6) is -1.56. The topological polar surface area (TPSA) is 94.5 Å². The van der Waals surface area contributed by atoms with E-state index < -0.39 is 11.9 Å². The van der Waals surface area contributed by atoms with E-state index in [0.29, 0.717) is 6.42 Å². The Balaban J connectivity index is -0.000000828. The van der Waals surface area contributed by atoms with Gasteiger partial charge in [0.2, 0.25) is 0 Å². The van der Waals surface area contributed by atoms with Gasteiger partial charge in [0, 0.05) is 6.42 Å². The fraction of sp³-hybridized carbons (Fsp3) is 0.964. The fourth-order valence-electron chi connectivity index (χ4n) is 8.28. The molecule has 5 heteroatoms. The summed E-state index contributed by atoms with van der Waals surface area (Å²) in [5, 5.41) is 28.7. The molecule has 0 aromatic rings. The Kier molecular flexibility index (Phi) is 64.2. The maximum absolute atomic E-state index is 10.3. The van der Waals surface area contributed by atoms with Crippen molar-refractivity contribution in [2.24, 2.45) is 0 Å². The van der Waals surface area contributed by atoms with Crippen LogP contribution in [0.15, 0.2) is 0 Å². The van der Waals surface area contributed by atoms with Gasteiger partial charge in [-0.15, -0.1) is 0 Å². The van der Waals surface area contributed by atoms with Crippen LogP contribution in [0, 0.1) is 0 Å². The molecular formula is C56H113O5. The number of aliphatic hydroxyl groups excluding tert-OH is 1. The van der Waals surface area contributed by atoms with E-state index in [1.54, 1.807) is 0 Å². The third kappa shape index (κ3) is 70.8. The van der Waals surface area contributed by atoms with Crippen LogP contribution in [-0.4, -0.2) is 28.3 Å². The highest BCUT2D eigenvalue weighted by Crippen LogP contribution is 2.17. The van der Waals surface area contributed by atoms with Crippen LogP contribution in [0.2, 0.25) is 0 Å². The van der Waals surface area contributed by atoms with Crippen LogP contribution in [0.1, 0.15) is 342 Å². The number of carbonyl (C=O) groups is 2. The Hall–Kier alpha value is -1.10. The van der Waals surface area contributed by atoms with E-state index in [9.17, 15) is 19.8 Å². The van der Waals surface area contributed by atoms with Gasteiger partial charge in [0.05, 0.1) is 12.5 Å². The Bertz CT molecular complexity index is 741. The van der Waals surface area contributed by atoms with Gasteiger partial charge in [0.15, 0.2) is 0 Å². The largest absolute Gasteiger partial charge is 0.481 e. The van der Waals surface area contributed by atoms with E-state index >= 15 is 0 Å². The molecule has 0 rings (SSSR count). The van der Waals surface area contributed by atoms with Gasteiger partial charge in [-0.2, -0.15) is 0 Å². The smallest absolute Gasteiger partial charge is 0.355 e. The van der Waals surface area contributed by atoms with Gasteiger partial charge >= 0.3 is 11.9 Å². The molecule has 0 saturated heterocycles. The summed E-state index contributed by atoms with van der Waals surface area (Å²) in [6, 6.07) is 0. The summed E-state index contributed by atoms with van der Waals surface area (Å²) in [6.45, 7) is 9.07. The van der Waals surface area contributed by atoms with E-state index in [0.717, 1.165) is 38.5 Å². The van der Waals surface area contributed by atoms with Gasteiger partial charge < -0.3 is 10.2 Å².